The van der Waals surface area contributed by atoms with Crippen LogP contribution in [0.4, 0.5) is 0 Å². The fraction of sp³-hybridized carbons (Fsp3) is 0.562. The molecule has 1 aromatic rings. The van der Waals surface area contributed by atoms with Gasteiger partial charge in [-0.1, -0.05) is 26.0 Å². The first-order valence-electron chi connectivity index (χ1n) is 6.96. The number of hydrogen-bond acceptors (Lipinski definition) is 3. The lowest BCUT2D eigenvalue weighted by molar-refractivity contribution is 0.0656. The molecule has 106 valence electrons. The van der Waals surface area contributed by atoms with Gasteiger partial charge in [0.05, 0.1) is 12.1 Å². The van der Waals surface area contributed by atoms with Crippen molar-refractivity contribution in [2.45, 2.75) is 39.2 Å². The lowest BCUT2D eigenvalue weighted by Gasteiger charge is -2.37. The van der Waals surface area contributed by atoms with Gasteiger partial charge in [-0.15, -0.1) is 0 Å². The molecule has 0 atom stereocenters. The van der Waals surface area contributed by atoms with Gasteiger partial charge in [0.2, 0.25) is 0 Å². The minimum atomic E-state index is -0.426. The number of ether oxygens (including phenoxy) is 1. The van der Waals surface area contributed by atoms with Crippen LogP contribution in [0.2, 0.25) is 0 Å². The lowest BCUT2D eigenvalue weighted by Crippen LogP contribution is -2.50. The minimum Gasteiger partial charge on any atom is -0.494 e. The molecule has 3 nitrogen and oxygen atoms in total. The summed E-state index contributed by atoms with van der Waals surface area (Å²) in [5, 5.41) is 0. The van der Waals surface area contributed by atoms with Crippen LogP contribution >= 0.6 is 0 Å². The van der Waals surface area contributed by atoms with Crippen LogP contribution in [0.15, 0.2) is 24.3 Å². The summed E-state index contributed by atoms with van der Waals surface area (Å²) in [5.74, 6) is 0.928. The zero-order chi connectivity index (χ0) is 14.5. The van der Waals surface area contributed by atoms with Crippen molar-refractivity contribution in [3.63, 3.8) is 0 Å². The van der Waals surface area contributed by atoms with Crippen molar-refractivity contribution in [1.82, 2.24) is 4.90 Å². The quantitative estimate of drug-likeness (QED) is 0.706. The van der Waals surface area contributed by atoms with Gasteiger partial charge in [-0.3, -0.25) is 9.69 Å². The third kappa shape index (κ3) is 3.16. The first-order chi connectivity index (χ1) is 9.01. The molecule has 0 aromatic heterocycles. The molecule has 0 aliphatic heterocycles. The zero-order valence-electron chi connectivity index (χ0n) is 12.7. The topological polar surface area (TPSA) is 29.5 Å². The van der Waals surface area contributed by atoms with E-state index in [0.29, 0.717) is 6.61 Å². The third-order valence-corrected chi connectivity index (χ3v) is 3.86. The number of hydrogen-bond donors (Lipinski definition) is 0. The van der Waals surface area contributed by atoms with Crippen LogP contribution in [0.5, 0.6) is 5.75 Å². The van der Waals surface area contributed by atoms with Crippen LogP contribution < -0.4 is 4.74 Å². The average molecular weight is 263 g/mol. The van der Waals surface area contributed by atoms with Crippen molar-refractivity contribution >= 4 is 5.78 Å². The SMILES string of the molecule is CCOc1cccc(C(=O)C(CC)(CC)N(C)C)c1. The highest BCUT2D eigenvalue weighted by Crippen LogP contribution is 2.27. The van der Waals surface area contributed by atoms with Gasteiger partial charge in [0.25, 0.3) is 0 Å². The standard InChI is InChI=1S/C16H25NO2/c1-6-16(7-2,17(4)5)15(18)13-10-9-11-14(12-13)19-8-3/h9-12H,6-8H2,1-5H3. The predicted molar refractivity (Wildman–Crippen MR) is 78.9 cm³/mol. The Bertz CT molecular complexity index is 423. The molecule has 0 fully saturated rings. The number of ketones is 1. The van der Waals surface area contributed by atoms with Crippen LogP contribution in [0.25, 0.3) is 0 Å². The maximum atomic E-state index is 12.8. The van der Waals surface area contributed by atoms with Crippen molar-refractivity contribution in [3.8, 4) is 5.75 Å². The largest absolute Gasteiger partial charge is 0.494 e. The Balaban J connectivity index is 3.13. The summed E-state index contributed by atoms with van der Waals surface area (Å²) in [6.45, 7) is 6.68. The molecule has 0 aliphatic rings. The smallest absolute Gasteiger partial charge is 0.183 e. The Morgan fingerprint density at radius 2 is 1.84 bits per heavy atom. The molecule has 0 bridgehead atoms. The second-order valence-electron chi connectivity index (χ2n) is 4.92. The Labute approximate surface area is 116 Å². The molecule has 0 spiro atoms. The summed E-state index contributed by atoms with van der Waals surface area (Å²) in [5.41, 5.74) is 0.300. The zero-order valence-corrected chi connectivity index (χ0v) is 12.7. The van der Waals surface area contributed by atoms with Crippen LogP contribution in [0.3, 0.4) is 0 Å². The van der Waals surface area contributed by atoms with E-state index in [4.69, 9.17) is 4.74 Å². The average Bonchev–Trinajstić information content (AvgIpc) is 2.41. The van der Waals surface area contributed by atoms with Gasteiger partial charge in [-0.25, -0.2) is 0 Å². The summed E-state index contributed by atoms with van der Waals surface area (Å²) in [6.07, 6.45) is 1.60. The van der Waals surface area contributed by atoms with E-state index in [0.717, 1.165) is 24.2 Å². The van der Waals surface area contributed by atoms with E-state index < -0.39 is 5.54 Å². The van der Waals surface area contributed by atoms with E-state index in [-0.39, 0.29) is 5.78 Å². The highest BCUT2D eigenvalue weighted by molar-refractivity contribution is 6.03. The fourth-order valence-electron chi connectivity index (χ4n) is 2.57. The normalized spacial score (nSPS) is 11.7. The summed E-state index contributed by atoms with van der Waals surface area (Å²) in [6, 6.07) is 7.48. The molecule has 0 amide bonds. The fourth-order valence-corrected chi connectivity index (χ4v) is 2.57. The highest BCUT2D eigenvalue weighted by atomic mass is 16.5. The molecule has 0 saturated heterocycles. The monoisotopic (exact) mass is 263 g/mol. The van der Waals surface area contributed by atoms with Crippen molar-refractivity contribution < 1.29 is 9.53 Å². The molecule has 0 saturated carbocycles. The van der Waals surface area contributed by atoms with E-state index in [1.165, 1.54) is 0 Å². The lowest BCUT2D eigenvalue weighted by atomic mass is 9.83. The van der Waals surface area contributed by atoms with E-state index in [1.807, 2.05) is 50.2 Å². The van der Waals surface area contributed by atoms with Crippen molar-refractivity contribution in [2.75, 3.05) is 20.7 Å². The second-order valence-corrected chi connectivity index (χ2v) is 4.92. The Hall–Kier alpha value is -1.35. The summed E-state index contributed by atoms with van der Waals surface area (Å²) < 4.78 is 5.47. The Morgan fingerprint density at radius 1 is 1.21 bits per heavy atom. The molecule has 0 aliphatic carbocycles. The van der Waals surface area contributed by atoms with Crippen LogP contribution in [-0.4, -0.2) is 36.9 Å². The number of carbonyl (C=O) groups excluding carboxylic acids is 1. The van der Waals surface area contributed by atoms with Crippen molar-refractivity contribution in [2.24, 2.45) is 0 Å². The number of Topliss-reactive ketones (excluding diaryl/α,β-unsaturated/α-hetero) is 1. The molecule has 1 rings (SSSR count). The van der Waals surface area contributed by atoms with Gasteiger partial charge in [-0.2, -0.15) is 0 Å². The number of benzene rings is 1. The maximum Gasteiger partial charge on any atom is 0.183 e. The third-order valence-electron chi connectivity index (χ3n) is 3.86. The molecular formula is C16H25NO2. The van der Waals surface area contributed by atoms with Gasteiger partial charge < -0.3 is 4.74 Å². The first-order valence-corrected chi connectivity index (χ1v) is 6.96. The van der Waals surface area contributed by atoms with Crippen molar-refractivity contribution in [3.05, 3.63) is 29.8 Å². The number of likely N-dealkylation sites (N-methyl/N-ethyl adjacent to an activating group) is 1. The van der Waals surface area contributed by atoms with Crippen LogP contribution in [0.1, 0.15) is 44.0 Å². The highest BCUT2D eigenvalue weighted by Gasteiger charge is 2.37. The summed E-state index contributed by atoms with van der Waals surface area (Å²) in [4.78, 5) is 14.9. The van der Waals surface area contributed by atoms with Gasteiger partial charge in [0, 0.05) is 5.56 Å². The number of rotatable bonds is 7. The summed E-state index contributed by atoms with van der Waals surface area (Å²) >= 11 is 0. The van der Waals surface area contributed by atoms with E-state index >= 15 is 0 Å². The van der Waals surface area contributed by atoms with Crippen LogP contribution in [0, 0.1) is 0 Å². The second kappa shape index (κ2) is 6.71. The van der Waals surface area contributed by atoms with Gasteiger partial charge in [0.1, 0.15) is 5.75 Å². The van der Waals surface area contributed by atoms with Gasteiger partial charge >= 0.3 is 0 Å². The van der Waals surface area contributed by atoms with Gasteiger partial charge in [0.15, 0.2) is 5.78 Å². The molecule has 0 radical (unpaired) electrons. The number of nitrogens with zero attached hydrogens (tertiary/aromatic N) is 1. The van der Waals surface area contributed by atoms with E-state index in [9.17, 15) is 4.79 Å². The van der Waals surface area contributed by atoms with E-state index in [1.54, 1.807) is 0 Å². The molecule has 19 heavy (non-hydrogen) atoms. The molecule has 3 heteroatoms. The summed E-state index contributed by atoms with van der Waals surface area (Å²) in [7, 11) is 3.94. The van der Waals surface area contributed by atoms with E-state index in [2.05, 4.69) is 13.8 Å². The number of carbonyl (C=O) groups is 1. The molecule has 0 unspecified atom stereocenters. The Kier molecular flexibility index (Phi) is 5.55. The minimum absolute atomic E-state index is 0.170. The Morgan fingerprint density at radius 3 is 2.32 bits per heavy atom. The van der Waals surface area contributed by atoms with Crippen molar-refractivity contribution in [1.29, 1.82) is 0 Å². The molecule has 1 aromatic carbocycles. The molecule has 0 heterocycles. The van der Waals surface area contributed by atoms with Crippen LogP contribution in [-0.2, 0) is 0 Å². The maximum absolute atomic E-state index is 12.8. The van der Waals surface area contributed by atoms with Gasteiger partial charge in [-0.05, 0) is 46.0 Å². The molecular weight excluding hydrogens is 238 g/mol. The first kappa shape index (κ1) is 15.7. The molecule has 0 N–H and O–H groups in total. The predicted octanol–water partition coefficient (Wildman–Crippen LogP) is 3.39.